The molecule has 122 valence electrons. The molecule has 1 aromatic heterocycles. The predicted molar refractivity (Wildman–Crippen MR) is 82.4 cm³/mol. The number of rotatable bonds is 3. The van der Waals surface area contributed by atoms with Gasteiger partial charge in [0.1, 0.15) is 0 Å². The summed E-state index contributed by atoms with van der Waals surface area (Å²) in [5, 5.41) is 11.9. The van der Waals surface area contributed by atoms with Crippen molar-refractivity contribution in [2.75, 3.05) is 24.2 Å². The number of tetrazole rings is 1. The molecule has 2 aliphatic carbocycles. The van der Waals surface area contributed by atoms with E-state index in [0.29, 0.717) is 36.4 Å². The number of sulfone groups is 1. The highest BCUT2D eigenvalue weighted by Crippen LogP contribution is 2.74. The maximum absolute atomic E-state index is 11.7. The molecule has 1 spiro atoms. The predicted octanol–water partition coefficient (Wildman–Crippen LogP) is 1.05. The Morgan fingerprint density at radius 2 is 2.00 bits per heavy atom. The van der Waals surface area contributed by atoms with Crippen molar-refractivity contribution >= 4 is 15.8 Å². The van der Waals surface area contributed by atoms with E-state index in [4.69, 9.17) is 0 Å². The van der Waals surface area contributed by atoms with Gasteiger partial charge in [-0.2, -0.15) is 0 Å². The molecule has 2 atom stereocenters. The summed E-state index contributed by atoms with van der Waals surface area (Å²) in [7, 11) is -3.00. The van der Waals surface area contributed by atoms with Crippen LogP contribution < -0.4 is 4.90 Å². The standard InChI is InChI=1S/C14H23N5O2S/c1-13(2)8-14(9-13)6-11(14)19-12(15-16-17-19)18-5-4-10(7-18)22(3,20)21/h10-11H,4-9H2,1-3H3. The average molecular weight is 325 g/mol. The fourth-order valence-corrected chi connectivity index (χ4v) is 5.75. The lowest BCUT2D eigenvalue weighted by atomic mass is 9.61. The largest absolute Gasteiger partial charge is 0.338 e. The van der Waals surface area contributed by atoms with Crippen molar-refractivity contribution in [3.8, 4) is 0 Å². The van der Waals surface area contributed by atoms with Crippen molar-refractivity contribution in [2.24, 2.45) is 10.8 Å². The van der Waals surface area contributed by atoms with Gasteiger partial charge in [-0.1, -0.05) is 18.9 Å². The zero-order valence-corrected chi connectivity index (χ0v) is 14.2. The van der Waals surface area contributed by atoms with Gasteiger partial charge in [0.2, 0.25) is 5.95 Å². The molecule has 2 unspecified atom stereocenters. The second-order valence-corrected chi connectivity index (χ2v) is 10.5. The quantitative estimate of drug-likeness (QED) is 0.826. The van der Waals surface area contributed by atoms with Crippen LogP contribution in [0.5, 0.6) is 0 Å². The van der Waals surface area contributed by atoms with E-state index in [1.807, 2.05) is 9.58 Å². The first-order chi connectivity index (χ1) is 10.2. The molecule has 0 bridgehead atoms. The van der Waals surface area contributed by atoms with Gasteiger partial charge in [-0.3, -0.25) is 0 Å². The molecule has 22 heavy (non-hydrogen) atoms. The summed E-state index contributed by atoms with van der Waals surface area (Å²) in [5.41, 5.74) is 0.835. The fraction of sp³-hybridized carbons (Fsp3) is 0.929. The van der Waals surface area contributed by atoms with Crippen molar-refractivity contribution in [3.05, 3.63) is 0 Å². The fourth-order valence-electron chi connectivity index (χ4n) is 4.76. The third-order valence-electron chi connectivity index (χ3n) is 5.61. The van der Waals surface area contributed by atoms with E-state index < -0.39 is 9.84 Å². The molecule has 3 aliphatic rings. The van der Waals surface area contributed by atoms with E-state index in [1.165, 1.54) is 19.1 Å². The highest BCUT2D eigenvalue weighted by Gasteiger charge is 2.66. The third kappa shape index (κ3) is 2.14. The molecule has 0 amide bonds. The molecule has 1 aliphatic heterocycles. The highest BCUT2D eigenvalue weighted by molar-refractivity contribution is 7.91. The van der Waals surface area contributed by atoms with Gasteiger partial charge in [0.05, 0.1) is 11.3 Å². The van der Waals surface area contributed by atoms with E-state index in [2.05, 4.69) is 29.4 Å². The van der Waals surface area contributed by atoms with E-state index in [9.17, 15) is 8.42 Å². The second-order valence-electron chi connectivity index (χ2n) is 8.21. The van der Waals surface area contributed by atoms with E-state index in [0.717, 1.165) is 12.4 Å². The summed E-state index contributed by atoms with van der Waals surface area (Å²) < 4.78 is 25.4. The number of hydrogen-bond donors (Lipinski definition) is 0. The third-order valence-corrected chi connectivity index (χ3v) is 7.21. The van der Waals surface area contributed by atoms with Crippen LogP contribution in [0.15, 0.2) is 0 Å². The molecule has 7 nitrogen and oxygen atoms in total. The first-order valence-corrected chi connectivity index (χ1v) is 9.87. The van der Waals surface area contributed by atoms with Gasteiger partial charge in [0.15, 0.2) is 9.84 Å². The average Bonchev–Trinajstić information content (AvgIpc) is 2.84. The Kier molecular flexibility index (Phi) is 2.76. The zero-order chi connectivity index (χ0) is 15.8. The molecular formula is C14H23N5O2S. The van der Waals surface area contributed by atoms with Gasteiger partial charge in [0, 0.05) is 19.3 Å². The summed E-state index contributed by atoms with van der Waals surface area (Å²) in [6.07, 6.45) is 5.59. The molecule has 4 rings (SSSR count). The lowest BCUT2D eigenvalue weighted by Crippen LogP contribution is -2.35. The number of anilines is 1. The smallest absolute Gasteiger partial charge is 0.245 e. The van der Waals surface area contributed by atoms with Crippen LogP contribution in [0.25, 0.3) is 0 Å². The topological polar surface area (TPSA) is 81.0 Å². The summed E-state index contributed by atoms with van der Waals surface area (Å²) in [4.78, 5) is 2.03. The molecule has 2 heterocycles. The maximum Gasteiger partial charge on any atom is 0.245 e. The molecule has 0 radical (unpaired) electrons. The van der Waals surface area contributed by atoms with Crippen LogP contribution in [0, 0.1) is 10.8 Å². The molecule has 0 N–H and O–H groups in total. The van der Waals surface area contributed by atoms with Crippen molar-refractivity contribution in [2.45, 2.75) is 50.8 Å². The van der Waals surface area contributed by atoms with Gasteiger partial charge in [0.25, 0.3) is 0 Å². The van der Waals surface area contributed by atoms with E-state index >= 15 is 0 Å². The van der Waals surface area contributed by atoms with Crippen LogP contribution in [0.1, 0.15) is 45.6 Å². The Morgan fingerprint density at radius 3 is 2.59 bits per heavy atom. The van der Waals surface area contributed by atoms with E-state index in [1.54, 1.807) is 0 Å². The molecule has 8 heteroatoms. The van der Waals surface area contributed by atoms with Gasteiger partial charge in [-0.15, -0.1) is 0 Å². The normalized spacial score (nSPS) is 32.2. The summed E-state index contributed by atoms with van der Waals surface area (Å²) in [6, 6.07) is 0.391. The highest BCUT2D eigenvalue weighted by atomic mass is 32.2. The molecule has 0 aromatic carbocycles. The summed E-state index contributed by atoms with van der Waals surface area (Å²) in [5.74, 6) is 0.748. The maximum atomic E-state index is 11.7. The number of nitrogens with zero attached hydrogens (tertiary/aromatic N) is 5. The second kappa shape index (κ2) is 4.21. The van der Waals surface area contributed by atoms with E-state index in [-0.39, 0.29) is 5.25 Å². The van der Waals surface area contributed by atoms with Crippen molar-refractivity contribution in [3.63, 3.8) is 0 Å². The summed E-state index contributed by atoms with van der Waals surface area (Å²) >= 11 is 0. The van der Waals surface area contributed by atoms with Gasteiger partial charge in [-0.25, -0.2) is 13.1 Å². The van der Waals surface area contributed by atoms with Crippen LogP contribution in [0.4, 0.5) is 5.95 Å². The van der Waals surface area contributed by atoms with Crippen LogP contribution in [-0.2, 0) is 9.84 Å². The number of hydrogen-bond acceptors (Lipinski definition) is 6. The SMILES string of the molecule is CC1(C)CC2(CC2n2nnnc2N2CCC(S(C)(=O)=O)C2)C1. The zero-order valence-electron chi connectivity index (χ0n) is 13.4. The minimum Gasteiger partial charge on any atom is -0.338 e. The number of aromatic nitrogens is 4. The Balaban J connectivity index is 1.51. The minimum atomic E-state index is -3.00. The van der Waals surface area contributed by atoms with Crippen molar-refractivity contribution in [1.29, 1.82) is 0 Å². The van der Waals surface area contributed by atoms with Gasteiger partial charge >= 0.3 is 0 Å². The van der Waals surface area contributed by atoms with Crippen molar-refractivity contribution in [1.82, 2.24) is 20.2 Å². The first kappa shape index (κ1) is 14.4. The van der Waals surface area contributed by atoms with Crippen molar-refractivity contribution < 1.29 is 8.42 Å². The van der Waals surface area contributed by atoms with Crippen LogP contribution in [-0.4, -0.2) is 53.2 Å². The minimum absolute atomic E-state index is 0.298. The first-order valence-electron chi connectivity index (χ1n) is 7.92. The van der Waals surface area contributed by atoms with Gasteiger partial charge in [-0.05, 0) is 46.9 Å². The molecule has 3 fully saturated rings. The lowest BCUT2D eigenvalue weighted by Gasteiger charge is -2.44. The Morgan fingerprint density at radius 1 is 1.27 bits per heavy atom. The molecule has 1 saturated heterocycles. The summed E-state index contributed by atoms with van der Waals surface area (Å²) in [6.45, 7) is 5.84. The van der Waals surface area contributed by atoms with Gasteiger partial charge < -0.3 is 4.90 Å². The van der Waals surface area contributed by atoms with Crippen LogP contribution in [0.2, 0.25) is 0 Å². The lowest BCUT2D eigenvalue weighted by molar-refractivity contribution is 0.0613. The van der Waals surface area contributed by atoms with Crippen LogP contribution >= 0.6 is 0 Å². The Labute approximate surface area is 131 Å². The monoisotopic (exact) mass is 325 g/mol. The Bertz CT molecular complexity index is 703. The van der Waals surface area contributed by atoms with Crippen LogP contribution in [0.3, 0.4) is 0 Å². The molecular weight excluding hydrogens is 302 g/mol. The Hall–Kier alpha value is -1.18. The molecule has 2 saturated carbocycles. The molecule has 1 aromatic rings.